The highest BCUT2D eigenvalue weighted by Crippen LogP contribution is 2.33. The molecule has 1 amide bonds. The third kappa shape index (κ3) is 6.16. The highest BCUT2D eigenvalue weighted by molar-refractivity contribution is 6.32. The molecule has 0 aliphatic carbocycles. The predicted octanol–water partition coefficient (Wildman–Crippen LogP) is 4.16. The Balaban J connectivity index is 2.89. The van der Waals surface area contributed by atoms with Crippen LogP contribution in [-0.2, 0) is 4.79 Å². The second kappa shape index (κ2) is 8.53. The minimum absolute atomic E-state index is 0.0207. The Morgan fingerprint density at radius 2 is 2.00 bits per heavy atom. The van der Waals surface area contributed by atoms with Crippen molar-refractivity contribution in [3.8, 4) is 5.75 Å². The normalized spacial score (nSPS) is 13.0. The fourth-order valence-electron chi connectivity index (χ4n) is 1.93. The molecular weight excluding hydrogens is 354 g/mol. The van der Waals surface area contributed by atoms with E-state index in [1.807, 2.05) is 0 Å². The summed E-state index contributed by atoms with van der Waals surface area (Å²) in [6, 6.07) is 2.02. The zero-order valence-corrected chi connectivity index (χ0v) is 13.8. The van der Waals surface area contributed by atoms with Gasteiger partial charge in [-0.25, -0.2) is 4.39 Å². The minimum Gasteiger partial charge on any atom is -0.489 e. The second-order valence-corrected chi connectivity index (χ2v) is 5.84. The van der Waals surface area contributed by atoms with E-state index in [4.69, 9.17) is 21.4 Å². The van der Waals surface area contributed by atoms with Crippen LogP contribution in [0.15, 0.2) is 12.1 Å². The molecular formula is C15H18ClF4NO3. The number of alkyl halides is 3. The van der Waals surface area contributed by atoms with Crippen LogP contribution < -0.4 is 10.1 Å². The summed E-state index contributed by atoms with van der Waals surface area (Å²) in [5.41, 5.74) is -0.329. The zero-order valence-electron chi connectivity index (χ0n) is 13.1. The van der Waals surface area contributed by atoms with E-state index in [1.54, 1.807) is 13.8 Å². The van der Waals surface area contributed by atoms with Crippen LogP contribution in [0, 0.1) is 11.7 Å². The lowest BCUT2D eigenvalue weighted by molar-refractivity contribution is -0.181. The van der Waals surface area contributed by atoms with Crippen LogP contribution in [0.25, 0.3) is 0 Å². The Hall–Kier alpha value is -1.54. The maximum Gasteiger partial charge on any atom is 0.392 e. The van der Waals surface area contributed by atoms with Crippen molar-refractivity contribution in [2.24, 2.45) is 5.92 Å². The van der Waals surface area contributed by atoms with Gasteiger partial charge in [0.05, 0.1) is 22.7 Å². The third-order valence-electron chi connectivity index (χ3n) is 3.03. The molecule has 0 fully saturated rings. The van der Waals surface area contributed by atoms with Gasteiger partial charge in [0.15, 0.2) is 0 Å². The summed E-state index contributed by atoms with van der Waals surface area (Å²) >= 11 is 5.81. The summed E-state index contributed by atoms with van der Waals surface area (Å²) in [4.78, 5) is 11.8. The molecule has 1 unspecified atom stereocenters. The van der Waals surface area contributed by atoms with Gasteiger partial charge in [0.1, 0.15) is 11.6 Å². The van der Waals surface area contributed by atoms with Gasteiger partial charge in [-0.05, 0) is 26.3 Å². The average molecular weight is 372 g/mol. The fraction of sp³-hybridized carbons (Fsp3) is 0.533. The lowest BCUT2D eigenvalue weighted by atomic mass is 10.0. The van der Waals surface area contributed by atoms with Crippen LogP contribution in [0.1, 0.15) is 26.7 Å². The number of amides is 1. The molecule has 1 aromatic rings. The van der Waals surface area contributed by atoms with Gasteiger partial charge in [-0.3, -0.25) is 4.79 Å². The van der Waals surface area contributed by atoms with E-state index in [1.165, 1.54) is 0 Å². The molecule has 0 aromatic heterocycles. The summed E-state index contributed by atoms with van der Waals surface area (Å²) in [5.74, 6) is -3.83. The van der Waals surface area contributed by atoms with Gasteiger partial charge in [0, 0.05) is 19.1 Å². The van der Waals surface area contributed by atoms with Crippen LogP contribution >= 0.6 is 11.6 Å². The third-order valence-corrected chi connectivity index (χ3v) is 3.33. The number of halogens is 5. The molecule has 0 saturated heterocycles. The fourth-order valence-corrected chi connectivity index (χ4v) is 2.13. The van der Waals surface area contributed by atoms with Crippen molar-refractivity contribution < 1.29 is 32.2 Å². The number of nitrogens with one attached hydrogen (secondary N) is 1. The monoisotopic (exact) mass is 371 g/mol. The molecule has 1 atom stereocenters. The average Bonchev–Trinajstić information content (AvgIpc) is 2.42. The molecule has 0 radical (unpaired) electrons. The minimum atomic E-state index is -4.63. The first-order valence-electron chi connectivity index (χ1n) is 7.17. The molecule has 0 heterocycles. The lowest BCUT2D eigenvalue weighted by Crippen LogP contribution is -2.29. The van der Waals surface area contributed by atoms with Gasteiger partial charge >= 0.3 is 6.18 Å². The zero-order chi connectivity index (χ0) is 18.5. The van der Waals surface area contributed by atoms with Crippen molar-refractivity contribution in [3.05, 3.63) is 23.0 Å². The molecule has 0 aliphatic heterocycles. The van der Waals surface area contributed by atoms with E-state index in [9.17, 15) is 22.4 Å². The van der Waals surface area contributed by atoms with Gasteiger partial charge in [0.25, 0.3) is 0 Å². The number of hydrogen-bond donors (Lipinski definition) is 2. The number of hydrogen-bond acceptors (Lipinski definition) is 3. The number of rotatable bonds is 7. The van der Waals surface area contributed by atoms with E-state index < -0.39 is 43.3 Å². The van der Waals surface area contributed by atoms with Crippen molar-refractivity contribution in [2.75, 3.05) is 11.9 Å². The molecule has 9 heteroatoms. The number of aliphatic hydroxyl groups is 1. The Morgan fingerprint density at radius 3 is 2.50 bits per heavy atom. The number of carbonyl (C=O) groups excluding carboxylic acids is 1. The molecule has 1 aromatic carbocycles. The number of benzene rings is 1. The first-order valence-corrected chi connectivity index (χ1v) is 7.55. The van der Waals surface area contributed by atoms with Crippen molar-refractivity contribution in [2.45, 2.75) is 39.0 Å². The standard InChI is InChI=1S/C15H18ClF4NO3/c1-8(2)24-13-7-12(11(17)6-10(13)16)21-14(23)5-9(3-4-22)15(18,19)20/h6-9,22H,3-5H2,1-2H3,(H,21,23). The molecule has 1 rings (SSSR count). The first kappa shape index (κ1) is 20.5. The Morgan fingerprint density at radius 1 is 1.38 bits per heavy atom. The first-order chi connectivity index (χ1) is 11.0. The number of aliphatic hydroxyl groups excluding tert-OH is 1. The topological polar surface area (TPSA) is 58.6 Å². The molecule has 0 aliphatic rings. The summed E-state index contributed by atoms with van der Waals surface area (Å²) in [6.07, 6.45) is -6.44. The van der Waals surface area contributed by atoms with Gasteiger partial charge in [-0.1, -0.05) is 11.6 Å². The second-order valence-electron chi connectivity index (χ2n) is 5.43. The van der Waals surface area contributed by atoms with E-state index in [2.05, 4.69) is 5.32 Å². The molecule has 4 nitrogen and oxygen atoms in total. The summed E-state index contributed by atoms with van der Waals surface area (Å²) in [5, 5.41) is 10.7. The highest BCUT2D eigenvalue weighted by Gasteiger charge is 2.40. The molecule has 136 valence electrons. The molecule has 0 saturated carbocycles. The lowest BCUT2D eigenvalue weighted by Gasteiger charge is -2.19. The summed E-state index contributed by atoms with van der Waals surface area (Å²) in [7, 11) is 0. The predicted molar refractivity (Wildman–Crippen MR) is 81.7 cm³/mol. The van der Waals surface area contributed by atoms with Crippen molar-refractivity contribution in [1.82, 2.24) is 0 Å². The molecule has 0 bridgehead atoms. The Labute approximate surface area is 141 Å². The quantitative estimate of drug-likeness (QED) is 0.708. The van der Waals surface area contributed by atoms with Gasteiger partial charge in [-0.15, -0.1) is 0 Å². The number of anilines is 1. The highest BCUT2D eigenvalue weighted by atomic mass is 35.5. The van der Waals surface area contributed by atoms with E-state index >= 15 is 0 Å². The van der Waals surface area contributed by atoms with Crippen molar-refractivity contribution in [3.63, 3.8) is 0 Å². The molecule has 2 N–H and O–H groups in total. The van der Waals surface area contributed by atoms with Crippen molar-refractivity contribution >= 4 is 23.2 Å². The van der Waals surface area contributed by atoms with E-state index in [-0.39, 0.29) is 22.6 Å². The van der Waals surface area contributed by atoms with Crippen LogP contribution in [0.2, 0.25) is 5.02 Å². The van der Waals surface area contributed by atoms with Crippen LogP contribution in [0.5, 0.6) is 5.75 Å². The Kier molecular flexibility index (Phi) is 7.28. The van der Waals surface area contributed by atoms with Crippen LogP contribution in [0.4, 0.5) is 23.2 Å². The van der Waals surface area contributed by atoms with Gasteiger partial charge in [0.2, 0.25) is 5.91 Å². The molecule has 0 spiro atoms. The summed E-state index contributed by atoms with van der Waals surface area (Å²) in [6.45, 7) is 2.71. The molecule has 24 heavy (non-hydrogen) atoms. The van der Waals surface area contributed by atoms with Gasteiger partial charge in [-0.2, -0.15) is 13.2 Å². The van der Waals surface area contributed by atoms with E-state index in [0.29, 0.717) is 0 Å². The summed E-state index contributed by atoms with van der Waals surface area (Å²) < 4.78 is 57.4. The number of ether oxygens (including phenoxy) is 1. The van der Waals surface area contributed by atoms with Crippen LogP contribution in [-0.4, -0.2) is 29.9 Å². The van der Waals surface area contributed by atoms with Crippen molar-refractivity contribution in [1.29, 1.82) is 0 Å². The van der Waals surface area contributed by atoms with Gasteiger partial charge < -0.3 is 15.2 Å². The maximum atomic E-state index is 13.8. The van der Waals surface area contributed by atoms with E-state index in [0.717, 1.165) is 12.1 Å². The number of carbonyl (C=O) groups is 1. The Bertz CT molecular complexity index is 579. The smallest absolute Gasteiger partial charge is 0.392 e. The maximum absolute atomic E-state index is 13.8. The SMILES string of the molecule is CC(C)Oc1cc(NC(=O)CC(CCO)C(F)(F)F)c(F)cc1Cl. The largest absolute Gasteiger partial charge is 0.489 e. The van der Waals surface area contributed by atoms with Crippen LogP contribution in [0.3, 0.4) is 0 Å².